The minimum absolute atomic E-state index is 0.0533. The van der Waals surface area contributed by atoms with Crippen molar-refractivity contribution >= 4 is 17.5 Å². The molecule has 0 N–H and O–H groups in total. The van der Waals surface area contributed by atoms with Crippen molar-refractivity contribution in [3.8, 4) is 0 Å². The lowest BCUT2D eigenvalue weighted by Gasteiger charge is -2.10. The number of rotatable bonds is 2. The number of benzene rings is 1. The SMILES string of the molecule is O=C(c1ccccc1)C1C=CC=CS1. The predicted octanol–water partition coefficient (Wildman–Crippen LogP) is 3.05. The minimum atomic E-state index is -0.0533. The van der Waals surface area contributed by atoms with Crippen LogP contribution < -0.4 is 0 Å². The Morgan fingerprint density at radius 1 is 1.14 bits per heavy atom. The van der Waals surface area contributed by atoms with Gasteiger partial charge in [-0.2, -0.15) is 0 Å². The molecule has 0 aromatic heterocycles. The maximum atomic E-state index is 11.9. The smallest absolute Gasteiger partial charge is 0.179 e. The largest absolute Gasteiger partial charge is 0.293 e. The molecule has 2 rings (SSSR count). The van der Waals surface area contributed by atoms with Gasteiger partial charge < -0.3 is 0 Å². The molecule has 1 atom stereocenters. The van der Waals surface area contributed by atoms with Crippen molar-refractivity contribution in [3.63, 3.8) is 0 Å². The Labute approximate surface area is 87.5 Å². The molecule has 1 heterocycles. The van der Waals surface area contributed by atoms with Crippen molar-refractivity contribution in [1.82, 2.24) is 0 Å². The number of thioether (sulfide) groups is 1. The summed E-state index contributed by atoms with van der Waals surface area (Å²) >= 11 is 1.55. The molecule has 14 heavy (non-hydrogen) atoms. The molecule has 0 saturated heterocycles. The predicted molar refractivity (Wildman–Crippen MR) is 60.4 cm³/mol. The van der Waals surface area contributed by atoms with Crippen LogP contribution >= 0.6 is 11.8 Å². The second-order valence-corrected chi connectivity index (χ2v) is 4.05. The molecule has 1 aromatic carbocycles. The molecule has 1 nitrogen and oxygen atoms in total. The Hall–Kier alpha value is -1.28. The number of allylic oxidation sites excluding steroid dienone is 2. The van der Waals surface area contributed by atoms with Crippen molar-refractivity contribution in [1.29, 1.82) is 0 Å². The average Bonchev–Trinajstić information content (AvgIpc) is 2.30. The third kappa shape index (κ3) is 1.96. The quantitative estimate of drug-likeness (QED) is 0.686. The highest BCUT2D eigenvalue weighted by molar-refractivity contribution is 8.03. The van der Waals surface area contributed by atoms with Gasteiger partial charge in [-0.15, -0.1) is 11.8 Å². The number of carbonyl (C=O) groups is 1. The Bertz CT molecular complexity index is 379. The van der Waals surface area contributed by atoms with E-state index >= 15 is 0 Å². The molecule has 0 saturated carbocycles. The van der Waals surface area contributed by atoms with E-state index in [4.69, 9.17) is 0 Å². The number of ketones is 1. The summed E-state index contributed by atoms with van der Waals surface area (Å²) in [6.45, 7) is 0. The Morgan fingerprint density at radius 2 is 1.93 bits per heavy atom. The van der Waals surface area contributed by atoms with E-state index in [2.05, 4.69) is 0 Å². The number of Topliss-reactive ketones (excluding diaryl/α,β-unsaturated/α-hetero) is 1. The molecular weight excluding hydrogens is 192 g/mol. The summed E-state index contributed by atoms with van der Waals surface area (Å²) in [5.74, 6) is 0.177. The highest BCUT2D eigenvalue weighted by Crippen LogP contribution is 2.21. The van der Waals surface area contributed by atoms with E-state index in [0.717, 1.165) is 5.56 Å². The fraction of sp³-hybridized carbons (Fsp3) is 0.0833. The van der Waals surface area contributed by atoms with Crippen molar-refractivity contribution in [2.24, 2.45) is 0 Å². The molecule has 1 unspecified atom stereocenters. The summed E-state index contributed by atoms with van der Waals surface area (Å²) in [7, 11) is 0. The van der Waals surface area contributed by atoms with Crippen molar-refractivity contribution < 1.29 is 4.79 Å². The topological polar surface area (TPSA) is 17.1 Å². The molecule has 0 amide bonds. The summed E-state index contributed by atoms with van der Waals surface area (Å²) < 4.78 is 0. The number of carbonyl (C=O) groups excluding carboxylic acids is 1. The van der Waals surface area contributed by atoms with Crippen LogP contribution in [0.3, 0.4) is 0 Å². The van der Waals surface area contributed by atoms with E-state index < -0.39 is 0 Å². The van der Waals surface area contributed by atoms with Gasteiger partial charge in [0.2, 0.25) is 0 Å². The Morgan fingerprint density at radius 3 is 2.57 bits per heavy atom. The van der Waals surface area contributed by atoms with Crippen LogP contribution in [0.4, 0.5) is 0 Å². The van der Waals surface area contributed by atoms with Gasteiger partial charge in [0.05, 0.1) is 5.25 Å². The molecular formula is C12H10OS. The molecule has 0 spiro atoms. The normalized spacial score (nSPS) is 19.6. The summed E-state index contributed by atoms with van der Waals surface area (Å²) in [5, 5.41) is 1.90. The van der Waals surface area contributed by atoms with Gasteiger partial charge in [0.25, 0.3) is 0 Å². The molecule has 1 aliphatic rings. The highest BCUT2D eigenvalue weighted by Gasteiger charge is 2.17. The van der Waals surface area contributed by atoms with Crippen LogP contribution in [-0.2, 0) is 0 Å². The summed E-state index contributed by atoms with van der Waals surface area (Å²) in [5.41, 5.74) is 0.782. The lowest BCUT2D eigenvalue weighted by Crippen LogP contribution is -2.14. The first-order valence-corrected chi connectivity index (χ1v) is 5.40. The minimum Gasteiger partial charge on any atom is -0.293 e. The van der Waals surface area contributed by atoms with E-state index in [-0.39, 0.29) is 11.0 Å². The number of hydrogen-bond donors (Lipinski definition) is 0. The zero-order chi connectivity index (χ0) is 9.80. The molecule has 0 radical (unpaired) electrons. The van der Waals surface area contributed by atoms with Crippen LogP contribution in [0.5, 0.6) is 0 Å². The zero-order valence-corrected chi connectivity index (χ0v) is 8.41. The van der Waals surface area contributed by atoms with Gasteiger partial charge in [0, 0.05) is 5.56 Å². The van der Waals surface area contributed by atoms with E-state index in [1.165, 1.54) is 0 Å². The van der Waals surface area contributed by atoms with Crippen molar-refractivity contribution in [2.75, 3.05) is 0 Å². The molecule has 1 aliphatic heterocycles. The fourth-order valence-electron chi connectivity index (χ4n) is 1.30. The maximum absolute atomic E-state index is 11.9. The zero-order valence-electron chi connectivity index (χ0n) is 7.59. The van der Waals surface area contributed by atoms with E-state index in [0.29, 0.717) is 0 Å². The lowest BCUT2D eigenvalue weighted by atomic mass is 10.1. The molecule has 0 bridgehead atoms. The van der Waals surface area contributed by atoms with Gasteiger partial charge >= 0.3 is 0 Å². The molecule has 2 heteroatoms. The summed E-state index contributed by atoms with van der Waals surface area (Å²) in [6.07, 6.45) is 5.79. The first-order valence-electron chi connectivity index (χ1n) is 4.46. The van der Waals surface area contributed by atoms with Gasteiger partial charge in [-0.3, -0.25) is 4.79 Å². The number of hydrogen-bond acceptors (Lipinski definition) is 2. The van der Waals surface area contributed by atoms with Gasteiger partial charge in [-0.1, -0.05) is 48.6 Å². The first-order chi connectivity index (χ1) is 6.88. The molecule has 1 aromatic rings. The monoisotopic (exact) mass is 202 g/mol. The lowest BCUT2D eigenvalue weighted by molar-refractivity contribution is 0.100. The molecule has 0 fully saturated rings. The Kier molecular flexibility index (Phi) is 2.84. The third-order valence-electron chi connectivity index (χ3n) is 2.02. The Balaban J connectivity index is 2.17. The summed E-state index contributed by atoms with van der Waals surface area (Å²) in [4.78, 5) is 11.9. The van der Waals surface area contributed by atoms with Gasteiger partial charge in [-0.05, 0) is 5.41 Å². The van der Waals surface area contributed by atoms with Gasteiger partial charge in [-0.25, -0.2) is 0 Å². The standard InChI is InChI=1S/C12H10OS/c13-12(10-6-2-1-3-7-10)11-8-4-5-9-14-11/h1-9,11H. The maximum Gasteiger partial charge on any atom is 0.179 e. The van der Waals surface area contributed by atoms with Crippen LogP contribution in [0.2, 0.25) is 0 Å². The van der Waals surface area contributed by atoms with Crippen LogP contribution in [0.15, 0.2) is 54.0 Å². The van der Waals surface area contributed by atoms with E-state index in [1.807, 2.05) is 54.0 Å². The van der Waals surface area contributed by atoms with Crippen molar-refractivity contribution in [3.05, 3.63) is 59.5 Å². The molecule has 70 valence electrons. The van der Waals surface area contributed by atoms with Gasteiger partial charge in [0.15, 0.2) is 5.78 Å². The van der Waals surface area contributed by atoms with Crippen molar-refractivity contribution in [2.45, 2.75) is 5.25 Å². The second kappa shape index (κ2) is 4.29. The van der Waals surface area contributed by atoms with E-state index in [1.54, 1.807) is 11.8 Å². The van der Waals surface area contributed by atoms with Gasteiger partial charge in [0.1, 0.15) is 0 Å². The second-order valence-electron chi connectivity index (χ2n) is 3.00. The third-order valence-corrected chi connectivity index (χ3v) is 3.00. The van der Waals surface area contributed by atoms with Crippen LogP contribution in [0, 0.1) is 0 Å². The van der Waals surface area contributed by atoms with Crippen LogP contribution in [-0.4, -0.2) is 11.0 Å². The van der Waals surface area contributed by atoms with E-state index in [9.17, 15) is 4.79 Å². The van der Waals surface area contributed by atoms with Crippen LogP contribution in [0.25, 0.3) is 0 Å². The average molecular weight is 202 g/mol. The summed E-state index contributed by atoms with van der Waals surface area (Å²) in [6, 6.07) is 9.41. The highest BCUT2D eigenvalue weighted by atomic mass is 32.2. The molecule has 0 aliphatic carbocycles. The first kappa shape index (κ1) is 9.28. The van der Waals surface area contributed by atoms with Crippen LogP contribution in [0.1, 0.15) is 10.4 Å². The fourth-order valence-corrected chi connectivity index (χ4v) is 2.09.